The van der Waals surface area contributed by atoms with Gasteiger partial charge in [-0.25, -0.2) is 4.98 Å². The summed E-state index contributed by atoms with van der Waals surface area (Å²) in [5.41, 5.74) is 0. The Bertz CT molecular complexity index is 279. The van der Waals surface area contributed by atoms with Crippen LogP contribution in [-0.4, -0.2) is 11.5 Å². The molecule has 0 fully saturated rings. The maximum Gasteiger partial charge on any atom is 0.0953 e. The first-order valence-corrected chi connectivity index (χ1v) is 6.56. The first-order chi connectivity index (χ1) is 7.09. The zero-order valence-electron chi connectivity index (χ0n) is 10.2. The van der Waals surface area contributed by atoms with Gasteiger partial charge in [0.1, 0.15) is 0 Å². The Labute approximate surface area is 97.1 Å². The minimum atomic E-state index is 0.555. The zero-order valence-corrected chi connectivity index (χ0v) is 11.0. The fraction of sp³-hybridized carbons (Fsp3) is 0.750. The van der Waals surface area contributed by atoms with Crippen molar-refractivity contribution in [3.05, 3.63) is 16.1 Å². The van der Waals surface area contributed by atoms with E-state index in [4.69, 9.17) is 0 Å². The Morgan fingerprint density at radius 3 is 2.60 bits per heavy atom. The summed E-state index contributed by atoms with van der Waals surface area (Å²) in [6.07, 6.45) is 3.25. The van der Waals surface area contributed by atoms with Crippen LogP contribution in [0.2, 0.25) is 0 Å². The maximum atomic E-state index is 4.41. The van der Waals surface area contributed by atoms with E-state index in [0.29, 0.717) is 5.92 Å². The summed E-state index contributed by atoms with van der Waals surface area (Å²) in [5, 5.41) is 4.70. The molecule has 0 unspecified atom stereocenters. The van der Waals surface area contributed by atoms with E-state index in [1.807, 2.05) is 17.5 Å². The van der Waals surface area contributed by atoms with Gasteiger partial charge in [0.2, 0.25) is 0 Å². The summed E-state index contributed by atoms with van der Waals surface area (Å²) in [5.74, 6) is 1.34. The molecule has 3 heteroatoms. The summed E-state index contributed by atoms with van der Waals surface area (Å²) in [7, 11) is 0. The van der Waals surface area contributed by atoms with Crippen LogP contribution in [0.4, 0.5) is 0 Å². The fourth-order valence-corrected chi connectivity index (χ4v) is 2.16. The van der Waals surface area contributed by atoms with Crippen LogP contribution in [0.1, 0.15) is 49.9 Å². The van der Waals surface area contributed by atoms with Crippen molar-refractivity contribution in [2.45, 2.75) is 46.6 Å². The zero-order chi connectivity index (χ0) is 11.3. The Hall–Kier alpha value is -0.410. The lowest BCUT2D eigenvalue weighted by atomic mass is 10.1. The molecule has 0 spiro atoms. The van der Waals surface area contributed by atoms with Gasteiger partial charge < -0.3 is 5.32 Å². The Morgan fingerprint density at radius 2 is 2.07 bits per heavy atom. The normalized spacial score (nSPS) is 11.6. The summed E-state index contributed by atoms with van der Waals surface area (Å²) in [6.45, 7) is 11.0. The SMILES string of the molecule is CC(C)CCNCc1cnc(C(C)C)s1. The summed E-state index contributed by atoms with van der Waals surface area (Å²) in [6, 6.07) is 0. The summed E-state index contributed by atoms with van der Waals surface area (Å²) in [4.78, 5) is 5.76. The average molecular weight is 226 g/mol. The van der Waals surface area contributed by atoms with Crippen LogP contribution in [0.25, 0.3) is 0 Å². The highest BCUT2D eigenvalue weighted by atomic mass is 32.1. The molecule has 0 aliphatic rings. The van der Waals surface area contributed by atoms with E-state index in [1.165, 1.54) is 16.3 Å². The number of nitrogens with zero attached hydrogens (tertiary/aromatic N) is 1. The largest absolute Gasteiger partial charge is 0.312 e. The lowest BCUT2D eigenvalue weighted by molar-refractivity contribution is 0.539. The smallest absolute Gasteiger partial charge is 0.0953 e. The minimum absolute atomic E-state index is 0.555. The van der Waals surface area contributed by atoms with Crippen molar-refractivity contribution >= 4 is 11.3 Å². The number of hydrogen-bond donors (Lipinski definition) is 1. The molecule has 0 aromatic carbocycles. The van der Waals surface area contributed by atoms with Crippen molar-refractivity contribution in [3.8, 4) is 0 Å². The molecule has 1 aromatic rings. The van der Waals surface area contributed by atoms with Crippen molar-refractivity contribution in [2.24, 2.45) is 5.92 Å². The van der Waals surface area contributed by atoms with E-state index in [9.17, 15) is 0 Å². The molecule has 0 aliphatic carbocycles. The maximum absolute atomic E-state index is 4.41. The molecule has 0 saturated heterocycles. The topological polar surface area (TPSA) is 24.9 Å². The van der Waals surface area contributed by atoms with Gasteiger partial charge in [0.05, 0.1) is 5.01 Å². The standard InChI is InChI=1S/C12H22N2S/c1-9(2)5-6-13-7-11-8-14-12(15-11)10(3)4/h8-10,13H,5-7H2,1-4H3. The minimum Gasteiger partial charge on any atom is -0.312 e. The monoisotopic (exact) mass is 226 g/mol. The van der Waals surface area contributed by atoms with E-state index in [-0.39, 0.29) is 0 Å². The quantitative estimate of drug-likeness (QED) is 0.752. The predicted molar refractivity (Wildman–Crippen MR) is 67.4 cm³/mol. The van der Waals surface area contributed by atoms with Crippen LogP contribution in [0.3, 0.4) is 0 Å². The molecule has 1 rings (SSSR count). The molecule has 86 valence electrons. The molecule has 1 aromatic heterocycles. The van der Waals surface area contributed by atoms with Gasteiger partial charge in [-0.05, 0) is 18.9 Å². The summed E-state index contributed by atoms with van der Waals surface area (Å²) < 4.78 is 0. The number of thiazole rings is 1. The second kappa shape index (κ2) is 6.23. The second-order valence-corrected chi connectivity index (χ2v) is 5.83. The number of aromatic nitrogens is 1. The van der Waals surface area contributed by atoms with Crippen LogP contribution < -0.4 is 5.32 Å². The van der Waals surface area contributed by atoms with Crippen LogP contribution in [-0.2, 0) is 6.54 Å². The van der Waals surface area contributed by atoms with E-state index in [1.54, 1.807) is 0 Å². The third kappa shape index (κ3) is 4.76. The van der Waals surface area contributed by atoms with Crippen molar-refractivity contribution < 1.29 is 0 Å². The van der Waals surface area contributed by atoms with E-state index in [2.05, 4.69) is 38.0 Å². The highest BCUT2D eigenvalue weighted by Gasteiger charge is 2.05. The lowest BCUT2D eigenvalue weighted by Gasteiger charge is -2.04. The molecule has 0 atom stereocenters. The van der Waals surface area contributed by atoms with Crippen molar-refractivity contribution in [3.63, 3.8) is 0 Å². The van der Waals surface area contributed by atoms with Gasteiger partial charge in [-0.1, -0.05) is 27.7 Å². The van der Waals surface area contributed by atoms with Crippen LogP contribution >= 0.6 is 11.3 Å². The van der Waals surface area contributed by atoms with Crippen molar-refractivity contribution in [1.82, 2.24) is 10.3 Å². The number of nitrogens with one attached hydrogen (secondary N) is 1. The molecule has 1 heterocycles. The van der Waals surface area contributed by atoms with Gasteiger partial charge in [0.25, 0.3) is 0 Å². The summed E-state index contributed by atoms with van der Waals surface area (Å²) >= 11 is 1.83. The van der Waals surface area contributed by atoms with Gasteiger partial charge in [-0.15, -0.1) is 11.3 Å². The first-order valence-electron chi connectivity index (χ1n) is 5.75. The van der Waals surface area contributed by atoms with Crippen molar-refractivity contribution in [2.75, 3.05) is 6.54 Å². The molecule has 0 radical (unpaired) electrons. The Balaban J connectivity index is 2.26. The highest BCUT2D eigenvalue weighted by Crippen LogP contribution is 2.20. The van der Waals surface area contributed by atoms with E-state index < -0.39 is 0 Å². The average Bonchev–Trinajstić information content (AvgIpc) is 2.60. The molecular weight excluding hydrogens is 204 g/mol. The van der Waals surface area contributed by atoms with E-state index >= 15 is 0 Å². The van der Waals surface area contributed by atoms with Crippen LogP contribution in [0, 0.1) is 5.92 Å². The van der Waals surface area contributed by atoms with Gasteiger partial charge in [-0.3, -0.25) is 0 Å². The molecule has 15 heavy (non-hydrogen) atoms. The Morgan fingerprint density at radius 1 is 1.33 bits per heavy atom. The van der Waals surface area contributed by atoms with Crippen LogP contribution in [0.15, 0.2) is 6.20 Å². The van der Waals surface area contributed by atoms with Gasteiger partial charge >= 0.3 is 0 Å². The van der Waals surface area contributed by atoms with Gasteiger partial charge in [0, 0.05) is 23.5 Å². The predicted octanol–water partition coefficient (Wildman–Crippen LogP) is 3.40. The third-order valence-corrected chi connectivity index (χ3v) is 3.56. The second-order valence-electron chi connectivity index (χ2n) is 4.68. The molecular formula is C12H22N2S. The number of rotatable bonds is 6. The molecule has 0 amide bonds. The lowest BCUT2D eigenvalue weighted by Crippen LogP contribution is -2.15. The fourth-order valence-electron chi connectivity index (χ4n) is 1.27. The van der Waals surface area contributed by atoms with Crippen molar-refractivity contribution in [1.29, 1.82) is 0 Å². The number of hydrogen-bond acceptors (Lipinski definition) is 3. The van der Waals surface area contributed by atoms with Crippen LogP contribution in [0.5, 0.6) is 0 Å². The van der Waals surface area contributed by atoms with E-state index in [0.717, 1.165) is 19.0 Å². The molecule has 0 bridgehead atoms. The molecule has 0 saturated carbocycles. The molecule has 0 aliphatic heterocycles. The molecule has 1 N–H and O–H groups in total. The van der Waals surface area contributed by atoms with Gasteiger partial charge in [0.15, 0.2) is 0 Å². The third-order valence-electron chi connectivity index (χ3n) is 2.26. The highest BCUT2D eigenvalue weighted by molar-refractivity contribution is 7.11. The molecule has 2 nitrogen and oxygen atoms in total. The Kier molecular flexibility index (Phi) is 5.26. The van der Waals surface area contributed by atoms with Gasteiger partial charge in [-0.2, -0.15) is 0 Å². The first kappa shape index (κ1) is 12.7.